The van der Waals surface area contributed by atoms with Crippen LogP contribution in [0, 0.1) is 0 Å². The van der Waals surface area contributed by atoms with Gasteiger partial charge in [0.05, 0.1) is 6.10 Å². The molecule has 0 aromatic carbocycles. The molecule has 56 valence electrons. The average molecular weight is 131 g/mol. The molecule has 0 aromatic rings. The van der Waals surface area contributed by atoms with Crippen molar-refractivity contribution < 1.29 is 6.16 Å². The lowest BCUT2D eigenvalue weighted by Crippen LogP contribution is -2.29. The minimum atomic E-state index is 0. The third kappa shape index (κ3) is 2.33. The molecule has 0 radical (unpaired) electrons. The van der Waals surface area contributed by atoms with E-state index in [0.717, 1.165) is 19.6 Å². The Kier molecular flexibility index (Phi) is 2.49. The maximum Gasteiger partial charge on any atom is 0.0671 e. The van der Waals surface area contributed by atoms with Gasteiger partial charge in [0, 0.05) is 20.6 Å². The Hall–Kier alpha value is -0.0800. The van der Waals surface area contributed by atoms with Crippen LogP contribution in [0.5, 0.6) is 0 Å². The fraction of sp³-hybridized carbons (Fsp3) is 1.00. The quantitative estimate of drug-likeness (QED) is 0.530. The van der Waals surface area contributed by atoms with Crippen LogP contribution < -0.4 is 5.32 Å². The second-order valence-electron chi connectivity index (χ2n) is 2.78. The summed E-state index contributed by atoms with van der Waals surface area (Å²) < 4.78 is 5.41. The van der Waals surface area contributed by atoms with E-state index in [1.165, 1.54) is 0 Å². The minimum Gasteiger partial charge on any atom is -0.377 e. The first-order valence-corrected chi connectivity index (χ1v) is 3.64. The predicted molar refractivity (Wildman–Crippen MR) is 39.6 cm³/mol. The fourth-order valence-corrected chi connectivity index (χ4v) is 0.974. The highest BCUT2D eigenvalue weighted by Crippen LogP contribution is 2.00. The van der Waals surface area contributed by atoms with E-state index in [0.29, 0.717) is 12.1 Å². The van der Waals surface area contributed by atoms with Crippen LogP contribution in [-0.4, -0.2) is 25.3 Å². The third-order valence-electron chi connectivity index (χ3n) is 1.71. The molecular formula is C7H17NO. The Morgan fingerprint density at radius 1 is 1.56 bits per heavy atom. The van der Waals surface area contributed by atoms with Gasteiger partial charge < -0.3 is 10.1 Å². The second kappa shape index (κ2) is 3.18. The SMILES string of the molecule is C[C@@H]1CN[C@@H](C)CCO1.[HH]. The Morgan fingerprint density at radius 2 is 2.33 bits per heavy atom. The summed E-state index contributed by atoms with van der Waals surface area (Å²) in [6.07, 6.45) is 1.54. The maximum absolute atomic E-state index is 5.41. The zero-order valence-electron chi connectivity index (χ0n) is 6.18. The summed E-state index contributed by atoms with van der Waals surface area (Å²) in [6.45, 7) is 6.21. The molecule has 0 spiro atoms. The lowest BCUT2D eigenvalue weighted by Gasteiger charge is -2.08. The van der Waals surface area contributed by atoms with Crippen LogP contribution in [0.2, 0.25) is 0 Å². The van der Waals surface area contributed by atoms with Gasteiger partial charge in [-0.3, -0.25) is 0 Å². The summed E-state index contributed by atoms with van der Waals surface area (Å²) in [5, 5.41) is 3.37. The zero-order valence-corrected chi connectivity index (χ0v) is 6.18. The van der Waals surface area contributed by atoms with Crippen LogP contribution in [0.15, 0.2) is 0 Å². The molecule has 2 heteroatoms. The molecule has 2 atom stereocenters. The van der Waals surface area contributed by atoms with Gasteiger partial charge in [0.1, 0.15) is 0 Å². The van der Waals surface area contributed by atoms with Crippen molar-refractivity contribution in [2.24, 2.45) is 0 Å². The first-order valence-electron chi connectivity index (χ1n) is 3.64. The predicted octanol–water partition coefficient (Wildman–Crippen LogP) is 1.02. The average Bonchev–Trinajstić information content (AvgIpc) is 1.97. The minimum absolute atomic E-state index is 0. The molecule has 1 aliphatic heterocycles. The normalized spacial score (nSPS) is 38.0. The van der Waals surface area contributed by atoms with E-state index in [2.05, 4.69) is 19.2 Å². The highest BCUT2D eigenvalue weighted by atomic mass is 16.5. The second-order valence-corrected chi connectivity index (χ2v) is 2.78. The van der Waals surface area contributed by atoms with Crippen molar-refractivity contribution in [3.05, 3.63) is 0 Å². The van der Waals surface area contributed by atoms with Gasteiger partial charge in [0.25, 0.3) is 0 Å². The van der Waals surface area contributed by atoms with Crippen LogP contribution in [-0.2, 0) is 4.74 Å². The van der Waals surface area contributed by atoms with Gasteiger partial charge in [-0.2, -0.15) is 0 Å². The first-order chi connectivity index (χ1) is 4.29. The maximum atomic E-state index is 5.41. The summed E-state index contributed by atoms with van der Waals surface area (Å²) in [5.41, 5.74) is 0. The smallest absolute Gasteiger partial charge is 0.0671 e. The van der Waals surface area contributed by atoms with Crippen LogP contribution >= 0.6 is 0 Å². The lowest BCUT2D eigenvalue weighted by atomic mass is 10.2. The van der Waals surface area contributed by atoms with Gasteiger partial charge in [0.2, 0.25) is 0 Å². The molecule has 2 nitrogen and oxygen atoms in total. The molecule has 0 bridgehead atoms. The Balaban J connectivity index is 0.000000810. The van der Waals surface area contributed by atoms with Crippen molar-refractivity contribution >= 4 is 0 Å². The van der Waals surface area contributed by atoms with E-state index in [1.54, 1.807) is 0 Å². The first kappa shape index (κ1) is 7.03. The van der Waals surface area contributed by atoms with Crippen molar-refractivity contribution in [2.45, 2.75) is 32.4 Å². The molecule has 1 heterocycles. The van der Waals surface area contributed by atoms with Crippen molar-refractivity contribution in [3.8, 4) is 0 Å². The molecule has 0 amide bonds. The molecule has 0 unspecified atom stereocenters. The Bertz CT molecular complexity index is 79.7. The van der Waals surface area contributed by atoms with E-state index < -0.39 is 0 Å². The molecule has 1 rings (SSSR count). The zero-order chi connectivity index (χ0) is 6.69. The molecule has 1 fully saturated rings. The Labute approximate surface area is 58.1 Å². The van der Waals surface area contributed by atoms with Crippen molar-refractivity contribution in [3.63, 3.8) is 0 Å². The van der Waals surface area contributed by atoms with Crippen LogP contribution in [0.1, 0.15) is 21.7 Å². The van der Waals surface area contributed by atoms with E-state index in [4.69, 9.17) is 4.74 Å². The van der Waals surface area contributed by atoms with E-state index in [-0.39, 0.29) is 1.43 Å². The highest BCUT2D eigenvalue weighted by molar-refractivity contribution is 4.67. The largest absolute Gasteiger partial charge is 0.377 e. The number of hydrogen-bond acceptors (Lipinski definition) is 2. The molecule has 0 aliphatic carbocycles. The van der Waals surface area contributed by atoms with Gasteiger partial charge in [-0.05, 0) is 20.3 Å². The van der Waals surface area contributed by atoms with Crippen molar-refractivity contribution in [2.75, 3.05) is 13.2 Å². The number of ether oxygens (including phenoxy) is 1. The molecular weight excluding hydrogens is 114 g/mol. The van der Waals surface area contributed by atoms with Crippen LogP contribution in [0.3, 0.4) is 0 Å². The summed E-state index contributed by atoms with van der Waals surface area (Å²) in [6, 6.07) is 0.634. The van der Waals surface area contributed by atoms with Gasteiger partial charge >= 0.3 is 0 Å². The van der Waals surface area contributed by atoms with Gasteiger partial charge in [-0.1, -0.05) is 0 Å². The molecule has 9 heavy (non-hydrogen) atoms. The van der Waals surface area contributed by atoms with E-state index in [1.807, 2.05) is 0 Å². The van der Waals surface area contributed by atoms with E-state index >= 15 is 0 Å². The molecule has 0 saturated carbocycles. The highest BCUT2D eigenvalue weighted by Gasteiger charge is 2.10. The summed E-state index contributed by atoms with van der Waals surface area (Å²) in [5.74, 6) is 0. The van der Waals surface area contributed by atoms with Crippen molar-refractivity contribution in [1.82, 2.24) is 5.32 Å². The topological polar surface area (TPSA) is 21.3 Å². The fourth-order valence-electron chi connectivity index (χ4n) is 0.974. The number of nitrogens with one attached hydrogen (secondary N) is 1. The van der Waals surface area contributed by atoms with Crippen LogP contribution in [0.25, 0.3) is 0 Å². The molecule has 1 N–H and O–H groups in total. The standard InChI is InChI=1S/C7H15NO.H2/c1-6-3-4-9-7(2)5-8-6;/h6-8H,3-5H2,1-2H3;1H/t6-,7+;/m0./s1. The van der Waals surface area contributed by atoms with Crippen LogP contribution in [0.4, 0.5) is 0 Å². The monoisotopic (exact) mass is 131 g/mol. The lowest BCUT2D eigenvalue weighted by molar-refractivity contribution is 0.0799. The van der Waals surface area contributed by atoms with Crippen molar-refractivity contribution in [1.29, 1.82) is 0 Å². The summed E-state index contributed by atoms with van der Waals surface area (Å²) >= 11 is 0. The van der Waals surface area contributed by atoms with Gasteiger partial charge in [-0.15, -0.1) is 0 Å². The number of hydrogen-bond donors (Lipinski definition) is 1. The van der Waals surface area contributed by atoms with Gasteiger partial charge in [0.15, 0.2) is 0 Å². The Morgan fingerprint density at radius 3 is 3.11 bits per heavy atom. The summed E-state index contributed by atoms with van der Waals surface area (Å²) in [4.78, 5) is 0. The molecule has 0 aromatic heterocycles. The molecule has 1 aliphatic rings. The van der Waals surface area contributed by atoms with E-state index in [9.17, 15) is 0 Å². The summed E-state index contributed by atoms with van der Waals surface area (Å²) in [7, 11) is 0. The number of rotatable bonds is 0. The molecule has 1 saturated heterocycles. The van der Waals surface area contributed by atoms with Gasteiger partial charge in [-0.25, -0.2) is 0 Å². The third-order valence-corrected chi connectivity index (χ3v) is 1.71.